The van der Waals surface area contributed by atoms with Crippen molar-refractivity contribution in [2.24, 2.45) is 11.5 Å². The second-order valence-electron chi connectivity index (χ2n) is 17.2. The molecule has 7 atom stereocenters. The topological polar surface area (TPSA) is 354 Å². The monoisotopic (exact) mass is 946 g/mol. The number of aliphatic carboxylic acids is 1. The molecule has 9 amide bonds. The SMILES string of the molecule is CCCC[C@H](NC(C)=O)C(=O)N1[C@H](C(N)=O)CCCCNC(=O)[C@H](Cc2c[nH]c3ccccc23)NC(=O)[C@@H]2CCCN2C(=O)[C@@H](CCC(N)=O)NC(=O)[C@H](Cc2cnc[nH]2)NC(=O)[C@@H]1CC(=O)O. The molecule has 3 aromatic rings. The molecule has 0 bridgehead atoms. The summed E-state index contributed by atoms with van der Waals surface area (Å²) in [4.78, 5) is 149. The smallest absolute Gasteiger partial charge is 0.305 e. The highest BCUT2D eigenvalue weighted by molar-refractivity contribution is 6.00. The predicted molar refractivity (Wildman–Crippen MR) is 243 cm³/mol. The lowest BCUT2D eigenvalue weighted by atomic mass is 9.98. The number of carbonyl (C=O) groups is 10. The van der Waals surface area contributed by atoms with Crippen LogP contribution in [0.15, 0.2) is 43.0 Å². The fourth-order valence-electron chi connectivity index (χ4n) is 8.72. The highest BCUT2D eigenvalue weighted by atomic mass is 16.4. The molecule has 23 heteroatoms. The van der Waals surface area contributed by atoms with E-state index in [4.69, 9.17) is 11.5 Å². The van der Waals surface area contributed by atoms with Crippen molar-refractivity contribution in [2.75, 3.05) is 13.1 Å². The summed E-state index contributed by atoms with van der Waals surface area (Å²) in [5, 5.41) is 24.4. The number of H-pyrrole nitrogens is 2. The van der Waals surface area contributed by atoms with Gasteiger partial charge >= 0.3 is 5.97 Å². The fourth-order valence-corrected chi connectivity index (χ4v) is 8.72. The molecule has 1 aromatic carbocycles. The number of imidazole rings is 1. The maximum absolute atomic E-state index is 14.7. The molecule has 5 rings (SSSR count). The zero-order valence-corrected chi connectivity index (χ0v) is 38.2. The van der Waals surface area contributed by atoms with Crippen LogP contribution < -0.4 is 38.1 Å². The van der Waals surface area contributed by atoms with Crippen molar-refractivity contribution in [2.45, 2.75) is 140 Å². The molecule has 0 unspecified atom stereocenters. The van der Waals surface area contributed by atoms with E-state index in [1.54, 1.807) is 6.20 Å². The number of fused-ring (bicyclic) bond motifs is 2. The Morgan fingerprint density at radius 2 is 1.60 bits per heavy atom. The van der Waals surface area contributed by atoms with Gasteiger partial charge in [-0.05, 0) is 56.6 Å². The van der Waals surface area contributed by atoms with E-state index >= 15 is 0 Å². The number of carboxylic acids is 1. The van der Waals surface area contributed by atoms with Gasteiger partial charge in [0.1, 0.15) is 42.3 Å². The lowest BCUT2D eigenvalue weighted by Gasteiger charge is -2.38. The molecule has 0 aliphatic carbocycles. The zero-order chi connectivity index (χ0) is 49.5. The van der Waals surface area contributed by atoms with E-state index in [1.165, 1.54) is 24.3 Å². The number of aromatic amines is 2. The van der Waals surface area contributed by atoms with Gasteiger partial charge < -0.3 is 62.9 Å². The molecule has 2 aliphatic rings. The third-order valence-electron chi connectivity index (χ3n) is 12.1. The van der Waals surface area contributed by atoms with Crippen molar-refractivity contribution in [1.29, 1.82) is 0 Å². The summed E-state index contributed by atoms with van der Waals surface area (Å²) in [5.74, 6) is -9.23. The number of nitrogens with zero attached hydrogens (tertiary/aromatic N) is 3. The molecule has 2 aromatic heterocycles. The number of para-hydroxylation sites is 1. The van der Waals surface area contributed by atoms with Crippen molar-refractivity contribution in [3.05, 3.63) is 54.2 Å². The summed E-state index contributed by atoms with van der Waals surface area (Å²) in [6.07, 6.45) is 3.98. The molecular formula is C45H62N12O11. The van der Waals surface area contributed by atoms with Crippen LogP contribution in [0.3, 0.4) is 0 Å². The van der Waals surface area contributed by atoms with Gasteiger partial charge in [0.05, 0.1) is 12.7 Å². The van der Waals surface area contributed by atoms with Gasteiger partial charge in [-0.15, -0.1) is 0 Å². The number of amides is 9. The van der Waals surface area contributed by atoms with Gasteiger partial charge in [-0.25, -0.2) is 4.98 Å². The first-order valence-electron chi connectivity index (χ1n) is 22.9. The Hall–Kier alpha value is -7.33. The van der Waals surface area contributed by atoms with Crippen molar-refractivity contribution < 1.29 is 53.1 Å². The number of rotatable bonds is 15. The number of unbranched alkanes of at least 4 members (excludes halogenated alkanes) is 1. The standard InChI is InChI=1S/C45H62N12O11/c1-3-4-11-30(52-25(2)58)45(68)57-34(39(47)62)13-7-8-17-49-40(63)32(19-26-22-50-29-12-6-5-10-28(26)29)54-42(65)35-14-9-18-56(35)44(67)31(15-16-37(46)59)53-41(64)33(20-27-23-48-24-51-27)55-43(66)36(57)21-38(60)61/h5-6,10,12,22-24,30-36,50H,3-4,7-9,11,13-21H2,1-2H3,(H2,46,59)(H2,47,62)(H,48,51)(H,49,63)(H,52,58)(H,53,64)(H,54,65)(H,55,66)(H,60,61)/t30-,31+,32-,33-,34-,35-,36-/m0/s1. The Bertz CT molecular complexity index is 2320. The largest absolute Gasteiger partial charge is 0.481 e. The Morgan fingerprint density at radius 1 is 0.882 bits per heavy atom. The number of benzene rings is 1. The Morgan fingerprint density at radius 3 is 2.28 bits per heavy atom. The summed E-state index contributed by atoms with van der Waals surface area (Å²) in [6, 6.07) is -2.93. The molecule has 2 aliphatic heterocycles. The van der Waals surface area contributed by atoms with Crippen LogP contribution in [-0.4, -0.2) is 144 Å². The van der Waals surface area contributed by atoms with Crippen LogP contribution in [0.4, 0.5) is 0 Å². The second kappa shape index (κ2) is 24.4. The first kappa shape index (κ1) is 51.7. The molecule has 0 radical (unpaired) electrons. The van der Waals surface area contributed by atoms with E-state index in [1.807, 2.05) is 31.2 Å². The lowest BCUT2D eigenvalue weighted by molar-refractivity contribution is -0.154. The Kier molecular flexibility index (Phi) is 18.6. The van der Waals surface area contributed by atoms with E-state index in [0.717, 1.165) is 21.4 Å². The van der Waals surface area contributed by atoms with Gasteiger partial charge in [0.2, 0.25) is 53.2 Å². The van der Waals surface area contributed by atoms with Crippen LogP contribution in [0.2, 0.25) is 0 Å². The van der Waals surface area contributed by atoms with E-state index in [2.05, 4.69) is 41.5 Å². The van der Waals surface area contributed by atoms with Crippen LogP contribution in [0.5, 0.6) is 0 Å². The van der Waals surface area contributed by atoms with Gasteiger partial charge in [-0.3, -0.25) is 47.9 Å². The van der Waals surface area contributed by atoms with Crippen LogP contribution in [0.25, 0.3) is 10.9 Å². The maximum Gasteiger partial charge on any atom is 0.305 e. The number of hydrogen-bond donors (Lipinski definition) is 10. The molecule has 2 fully saturated rings. The van der Waals surface area contributed by atoms with E-state index < -0.39 is 108 Å². The number of carboxylic acid groups (broad SMARTS) is 1. The van der Waals surface area contributed by atoms with Crippen molar-refractivity contribution >= 4 is 70.0 Å². The summed E-state index contributed by atoms with van der Waals surface area (Å²) in [7, 11) is 0. The van der Waals surface area contributed by atoms with Crippen LogP contribution >= 0.6 is 0 Å². The average molecular weight is 947 g/mol. The number of hydrogen-bond acceptors (Lipinski definition) is 11. The third kappa shape index (κ3) is 13.9. The number of nitrogens with one attached hydrogen (secondary N) is 7. The molecular weight excluding hydrogens is 885 g/mol. The first-order valence-corrected chi connectivity index (χ1v) is 22.9. The van der Waals surface area contributed by atoms with E-state index in [9.17, 15) is 53.1 Å². The maximum atomic E-state index is 14.7. The van der Waals surface area contributed by atoms with Crippen LogP contribution in [0, 0.1) is 0 Å². The molecule has 368 valence electrons. The van der Waals surface area contributed by atoms with Crippen molar-refractivity contribution in [3.8, 4) is 0 Å². The molecule has 68 heavy (non-hydrogen) atoms. The van der Waals surface area contributed by atoms with Gasteiger partial charge in [-0.2, -0.15) is 0 Å². The van der Waals surface area contributed by atoms with E-state index in [0.29, 0.717) is 25.0 Å². The molecule has 0 saturated carbocycles. The zero-order valence-electron chi connectivity index (χ0n) is 38.2. The molecule has 23 nitrogen and oxygen atoms in total. The minimum Gasteiger partial charge on any atom is -0.481 e. The number of primary amides is 2. The first-order chi connectivity index (χ1) is 32.5. The van der Waals surface area contributed by atoms with Gasteiger partial charge in [-0.1, -0.05) is 38.0 Å². The number of aromatic nitrogens is 3. The highest BCUT2D eigenvalue weighted by Crippen LogP contribution is 2.24. The van der Waals surface area contributed by atoms with Gasteiger partial charge in [0.25, 0.3) is 0 Å². The number of carbonyl (C=O) groups excluding carboxylic acids is 9. The van der Waals surface area contributed by atoms with E-state index in [-0.39, 0.29) is 70.9 Å². The summed E-state index contributed by atoms with van der Waals surface area (Å²) in [6.45, 7) is 3.08. The van der Waals surface area contributed by atoms with Gasteiger partial charge in [0, 0.05) is 68.3 Å². The lowest BCUT2D eigenvalue weighted by Crippen LogP contribution is -2.64. The quantitative estimate of drug-likeness (QED) is 0.0869. The minimum atomic E-state index is -2.00. The second-order valence-corrected chi connectivity index (χ2v) is 17.2. The minimum absolute atomic E-state index is 0.00121. The Balaban J connectivity index is 1.60. The average Bonchev–Trinajstić information content (AvgIpc) is 4.09. The van der Waals surface area contributed by atoms with Crippen LogP contribution in [-0.2, 0) is 60.8 Å². The molecule has 0 spiro atoms. The summed E-state index contributed by atoms with van der Waals surface area (Å²) >= 11 is 0. The summed E-state index contributed by atoms with van der Waals surface area (Å²) in [5.41, 5.74) is 13.3. The number of nitrogens with two attached hydrogens (primary N) is 2. The normalized spacial score (nSPS) is 23.0. The van der Waals surface area contributed by atoms with Crippen LogP contribution in [0.1, 0.15) is 95.7 Å². The molecule has 12 N–H and O–H groups in total. The predicted octanol–water partition coefficient (Wildman–Crippen LogP) is -1.09. The Labute approximate surface area is 392 Å². The summed E-state index contributed by atoms with van der Waals surface area (Å²) < 4.78 is 0. The molecule has 2 saturated heterocycles. The van der Waals surface area contributed by atoms with Gasteiger partial charge in [0.15, 0.2) is 0 Å². The molecule has 4 heterocycles. The third-order valence-corrected chi connectivity index (χ3v) is 12.1. The fraction of sp³-hybridized carbons (Fsp3) is 0.533. The highest BCUT2D eigenvalue weighted by Gasteiger charge is 2.44. The van der Waals surface area contributed by atoms with Crippen molar-refractivity contribution in [1.82, 2.24) is 51.3 Å². The van der Waals surface area contributed by atoms with Crippen molar-refractivity contribution in [3.63, 3.8) is 0 Å².